The van der Waals surface area contributed by atoms with Crippen LogP contribution in [-0.2, 0) is 11.8 Å². The molecule has 0 spiro atoms. The second-order valence-corrected chi connectivity index (χ2v) is 6.17. The molecule has 3 N–H and O–H groups in total. The van der Waals surface area contributed by atoms with E-state index in [0.29, 0.717) is 34.7 Å². The summed E-state index contributed by atoms with van der Waals surface area (Å²) in [5.41, 5.74) is 8.28. The number of aryl methyl sites for hydroxylation is 1. The van der Waals surface area contributed by atoms with Crippen molar-refractivity contribution in [1.29, 1.82) is 0 Å². The predicted octanol–water partition coefficient (Wildman–Crippen LogP) is 1.75. The van der Waals surface area contributed by atoms with Gasteiger partial charge in [0.15, 0.2) is 0 Å². The molecule has 0 aromatic carbocycles. The van der Waals surface area contributed by atoms with E-state index in [9.17, 15) is 4.79 Å². The van der Waals surface area contributed by atoms with E-state index in [1.807, 2.05) is 13.1 Å². The summed E-state index contributed by atoms with van der Waals surface area (Å²) in [6, 6.07) is 3.58. The van der Waals surface area contributed by atoms with Gasteiger partial charge in [0, 0.05) is 37.8 Å². The minimum atomic E-state index is -0.223. The first kappa shape index (κ1) is 17.3. The summed E-state index contributed by atoms with van der Waals surface area (Å²) in [7, 11) is 3.40. The third-order valence-corrected chi connectivity index (χ3v) is 4.22. The standard InChI is InChI=1S/C16H17BrN6O2/c1-23-11-8-21-12(17)7-9(11)13(10-3-4-20-16(18)22-10)14(23)15(24)19-5-6-25-2/h3-4,7-8H,5-6H2,1-2H3,(H,19,24)(H2,18,20,22). The van der Waals surface area contributed by atoms with Gasteiger partial charge in [0.1, 0.15) is 10.3 Å². The first-order valence-corrected chi connectivity index (χ1v) is 8.32. The molecule has 3 heterocycles. The molecule has 0 aliphatic rings. The smallest absolute Gasteiger partial charge is 0.268 e. The van der Waals surface area contributed by atoms with Gasteiger partial charge in [0.25, 0.3) is 5.91 Å². The van der Waals surface area contributed by atoms with Gasteiger partial charge in [-0.1, -0.05) is 0 Å². The molecule has 0 aliphatic carbocycles. The molecule has 9 heteroatoms. The number of pyridine rings is 1. The first-order valence-electron chi connectivity index (χ1n) is 7.53. The molecule has 0 aliphatic heterocycles. The highest BCUT2D eigenvalue weighted by Crippen LogP contribution is 2.34. The summed E-state index contributed by atoms with van der Waals surface area (Å²) >= 11 is 3.38. The number of methoxy groups -OCH3 is 1. The largest absolute Gasteiger partial charge is 0.383 e. The summed E-state index contributed by atoms with van der Waals surface area (Å²) in [5, 5.41) is 3.70. The first-order chi connectivity index (χ1) is 12.0. The number of nitrogens with one attached hydrogen (secondary N) is 1. The number of anilines is 1. The van der Waals surface area contributed by atoms with Crippen LogP contribution >= 0.6 is 15.9 Å². The zero-order chi connectivity index (χ0) is 18.0. The second kappa shape index (κ2) is 7.16. The molecule has 8 nitrogen and oxygen atoms in total. The summed E-state index contributed by atoms with van der Waals surface area (Å²) in [6.07, 6.45) is 3.28. The van der Waals surface area contributed by atoms with Gasteiger partial charge in [-0.15, -0.1) is 0 Å². The van der Waals surface area contributed by atoms with E-state index in [1.54, 1.807) is 30.1 Å². The average molecular weight is 405 g/mol. The number of ether oxygens (including phenoxy) is 1. The van der Waals surface area contributed by atoms with E-state index in [1.165, 1.54) is 0 Å². The summed E-state index contributed by atoms with van der Waals surface area (Å²) in [4.78, 5) is 25.3. The van der Waals surface area contributed by atoms with E-state index >= 15 is 0 Å². The number of amides is 1. The second-order valence-electron chi connectivity index (χ2n) is 5.36. The molecule has 3 aromatic heterocycles. The van der Waals surface area contributed by atoms with Gasteiger partial charge < -0.3 is 20.4 Å². The van der Waals surface area contributed by atoms with Gasteiger partial charge in [-0.2, -0.15) is 0 Å². The minimum Gasteiger partial charge on any atom is -0.383 e. The number of aromatic nitrogens is 4. The molecule has 25 heavy (non-hydrogen) atoms. The van der Waals surface area contributed by atoms with Crippen LogP contribution in [-0.4, -0.2) is 45.7 Å². The fourth-order valence-corrected chi connectivity index (χ4v) is 3.03. The average Bonchev–Trinajstić information content (AvgIpc) is 2.87. The molecule has 0 saturated heterocycles. The van der Waals surface area contributed by atoms with Crippen LogP contribution < -0.4 is 11.1 Å². The summed E-state index contributed by atoms with van der Waals surface area (Å²) in [6.45, 7) is 0.836. The number of hydrogen-bond donors (Lipinski definition) is 2. The number of carbonyl (C=O) groups is 1. The Morgan fingerprint density at radius 1 is 1.44 bits per heavy atom. The van der Waals surface area contributed by atoms with Crippen molar-refractivity contribution in [2.75, 3.05) is 26.0 Å². The van der Waals surface area contributed by atoms with Crippen LogP contribution in [0.5, 0.6) is 0 Å². The molecule has 0 radical (unpaired) electrons. The van der Waals surface area contributed by atoms with Crippen molar-refractivity contribution < 1.29 is 9.53 Å². The van der Waals surface area contributed by atoms with Gasteiger partial charge >= 0.3 is 0 Å². The van der Waals surface area contributed by atoms with Gasteiger partial charge in [0.05, 0.1) is 24.0 Å². The molecular weight excluding hydrogens is 388 g/mol. The Hall–Kier alpha value is -2.52. The number of nitrogens with zero attached hydrogens (tertiary/aromatic N) is 4. The molecular formula is C16H17BrN6O2. The molecule has 0 bridgehead atoms. The Labute approximate surface area is 152 Å². The van der Waals surface area contributed by atoms with Gasteiger partial charge in [-0.05, 0) is 28.1 Å². The third kappa shape index (κ3) is 3.33. The number of rotatable bonds is 5. The fraction of sp³-hybridized carbons (Fsp3) is 0.250. The number of nitrogen functional groups attached to an aromatic ring is 1. The van der Waals surface area contributed by atoms with Crippen molar-refractivity contribution >= 4 is 38.7 Å². The molecule has 0 fully saturated rings. The highest BCUT2D eigenvalue weighted by Gasteiger charge is 2.23. The number of carbonyl (C=O) groups excluding carboxylic acids is 1. The van der Waals surface area contributed by atoms with E-state index in [-0.39, 0.29) is 11.9 Å². The van der Waals surface area contributed by atoms with Crippen LogP contribution in [0.1, 0.15) is 10.5 Å². The normalized spacial score (nSPS) is 11.0. The molecule has 130 valence electrons. The lowest BCUT2D eigenvalue weighted by Crippen LogP contribution is -2.29. The topological polar surface area (TPSA) is 108 Å². The van der Waals surface area contributed by atoms with E-state index < -0.39 is 0 Å². The van der Waals surface area contributed by atoms with Crippen molar-refractivity contribution in [1.82, 2.24) is 24.8 Å². The summed E-state index contributed by atoms with van der Waals surface area (Å²) < 4.78 is 7.45. The molecule has 0 atom stereocenters. The lowest BCUT2D eigenvalue weighted by Gasteiger charge is -2.09. The maximum atomic E-state index is 12.8. The zero-order valence-corrected chi connectivity index (χ0v) is 15.4. The maximum Gasteiger partial charge on any atom is 0.268 e. The highest BCUT2D eigenvalue weighted by atomic mass is 79.9. The number of halogens is 1. The maximum absolute atomic E-state index is 12.8. The Kier molecular flexibility index (Phi) is 4.95. The predicted molar refractivity (Wildman–Crippen MR) is 98.1 cm³/mol. The Bertz CT molecular complexity index is 940. The molecule has 0 saturated carbocycles. The zero-order valence-electron chi connectivity index (χ0n) is 13.8. The van der Waals surface area contributed by atoms with Gasteiger partial charge in [-0.25, -0.2) is 15.0 Å². The minimum absolute atomic E-state index is 0.147. The number of nitrogens with two attached hydrogens (primary N) is 1. The Balaban J connectivity index is 2.22. The van der Waals surface area contributed by atoms with Crippen LogP contribution in [0.25, 0.3) is 22.2 Å². The summed E-state index contributed by atoms with van der Waals surface area (Å²) in [5.74, 6) is -0.0765. The van der Waals surface area contributed by atoms with Crippen LogP contribution in [0.15, 0.2) is 29.1 Å². The van der Waals surface area contributed by atoms with Crippen molar-refractivity contribution in [2.24, 2.45) is 7.05 Å². The monoisotopic (exact) mass is 404 g/mol. The van der Waals surface area contributed by atoms with Crippen molar-refractivity contribution in [3.8, 4) is 11.3 Å². The van der Waals surface area contributed by atoms with Crippen LogP contribution in [0, 0.1) is 0 Å². The van der Waals surface area contributed by atoms with E-state index in [0.717, 1.165) is 10.9 Å². The molecule has 3 rings (SSSR count). The van der Waals surface area contributed by atoms with Crippen molar-refractivity contribution in [3.05, 3.63) is 34.8 Å². The Morgan fingerprint density at radius 3 is 2.96 bits per heavy atom. The van der Waals surface area contributed by atoms with Crippen molar-refractivity contribution in [3.63, 3.8) is 0 Å². The van der Waals surface area contributed by atoms with Crippen LogP contribution in [0.3, 0.4) is 0 Å². The lowest BCUT2D eigenvalue weighted by molar-refractivity contribution is 0.0930. The Morgan fingerprint density at radius 2 is 2.24 bits per heavy atom. The number of fused-ring (bicyclic) bond motifs is 1. The number of hydrogen-bond acceptors (Lipinski definition) is 6. The van der Waals surface area contributed by atoms with Crippen LogP contribution in [0.2, 0.25) is 0 Å². The van der Waals surface area contributed by atoms with Gasteiger partial charge in [0.2, 0.25) is 5.95 Å². The molecule has 0 unspecified atom stereocenters. The van der Waals surface area contributed by atoms with Crippen LogP contribution in [0.4, 0.5) is 5.95 Å². The molecule has 1 amide bonds. The lowest BCUT2D eigenvalue weighted by atomic mass is 10.1. The van der Waals surface area contributed by atoms with E-state index in [2.05, 4.69) is 36.2 Å². The fourth-order valence-electron chi connectivity index (χ4n) is 2.69. The van der Waals surface area contributed by atoms with Gasteiger partial charge in [-0.3, -0.25) is 4.79 Å². The van der Waals surface area contributed by atoms with Crippen molar-refractivity contribution in [2.45, 2.75) is 0 Å². The third-order valence-electron chi connectivity index (χ3n) is 3.79. The van der Waals surface area contributed by atoms with E-state index in [4.69, 9.17) is 10.5 Å². The quantitative estimate of drug-likeness (QED) is 0.495. The molecule has 3 aromatic rings. The SMILES string of the molecule is COCCNC(=O)c1c(-c2ccnc(N)n2)c2cc(Br)ncc2n1C. The highest BCUT2D eigenvalue weighted by molar-refractivity contribution is 9.10.